The standard InChI is InChI=1S/C11H11N3O/c15-9-3-5-10-4-1-2-6-11(10)14-8-7-12-13-14/h1-2,4,6-9H,3,5H2. The van der Waals surface area contributed by atoms with Crippen molar-refractivity contribution in [3.63, 3.8) is 0 Å². The molecule has 0 saturated carbocycles. The van der Waals surface area contributed by atoms with Crippen LogP contribution in [0, 0.1) is 0 Å². The van der Waals surface area contributed by atoms with Gasteiger partial charge in [-0.05, 0) is 18.1 Å². The van der Waals surface area contributed by atoms with E-state index >= 15 is 0 Å². The lowest BCUT2D eigenvalue weighted by atomic mass is 10.1. The zero-order valence-electron chi connectivity index (χ0n) is 8.21. The highest BCUT2D eigenvalue weighted by Crippen LogP contribution is 2.14. The largest absolute Gasteiger partial charge is 0.303 e. The highest BCUT2D eigenvalue weighted by molar-refractivity contribution is 5.51. The summed E-state index contributed by atoms with van der Waals surface area (Å²) >= 11 is 0. The van der Waals surface area contributed by atoms with Crippen molar-refractivity contribution in [2.24, 2.45) is 0 Å². The highest BCUT2D eigenvalue weighted by atomic mass is 16.1. The maximum absolute atomic E-state index is 10.3. The first-order chi connectivity index (χ1) is 7.42. The number of aromatic nitrogens is 3. The van der Waals surface area contributed by atoms with Gasteiger partial charge in [-0.1, -0.05) is 23.4 Å². The van der Waals surface area contributed by atoms with E-state index in [1.54, 1.807) is 17.1 Å². The summed E-state index contributed by atoms with van der Waals surface area (Å²) in [5.74, 6) is 0. The second kappa shape index (κ2) is 4.50. The van der Waals surface area contributed by atoms with Gasteiger partial charge in [-0.3, -0.25) is 0 Å². The lowest BCUT2D eigenvalue weighted by Crippen LogP contribution is -2.00. The molecule has 1 aromatic carbocycles. The van der Waals surface area contributed by atoms with E-state index in [0.717, 1.165) is 24.0 Å². The predicted octanol–water partition coefficient (Wildman–Crippen LogP) is 1.40. The van der Waals surface area contributed by atoms with E-state index in [2.05, 4.69) is 10.3 Å². The molecule has 0 aliphatic heterocycles. The second-order valence-corrected chi connectivity index (χ2v) is 3.18. The molecule has 76 valence electrons. The van der Waals surface area contributed by atoms with Crippen LogP contribution in [-0.4, -0.2) is 21.3 Å². The Morgan fingerprint density at radius 3 is 2.93 bits per heavy atom. The van der Waals surface area contributed by atoms with Crippen LogP contribution in [0.25, 0.3) is 5.69 Å². The fourth-order valence-corrected chi connectivity index (χ4v) is 1.50. The molecule has 0 atom stereocenters. The second-order valence-electron chi connectivity index (χ2n) is 3.18. The van der Waals surface area contributed by atoms with Crippen LogP contribution in [0.4, 0.5) is 0 Å². The van der Waals surface area contributed by atoms with Crippen molar-refractivity contribution in [1.29, 1.82) is 0 Å². The number of rotatable bonds is 4. The molecule has 0 fully saturated rings. The molecule has 15 heavy (non-hydrogen) atoms. The number of para-hydroxylation sites is 1. The third-order valence-electron chi connectivity index (χ3n) is 2.19. The summed E-state index contributed by atoms with van der Waals surface area (Å²) in [6, 6.07) is 7.87. The van der Waals surface area contributed by atoms with Crippen LogP contribution in [0.2, 0.25) is 0 Å². The molecule has 2 aromatic rings. The van der Waals surface area contributed by atoms with Gasteiger partial charge < -0.3 is 4.79 Å². The third kappa shape index (κ3) is 2.10. The smallest absolute Gasteiger partial charge is 0.120 e. The van der Waals surface area contributed by atoms with E-state index in [9.17, 15) is 4.79 Å². The molecule has 4 nitrogen and oxygen atoms in total. The molecule has 0 unspecified atom stereocenters. The first-order valence-electron chi connectivity index (χ1n) is 4.80. The Hall–Kier alpha value is -1.97. The summed E-state index contributed by atoms with van der Waals surface area (Å²) < 4.78 is 1.71. The molecule has 0 radical (unpaired) electrons. The number of aldehydes is 1. The van der Waals surface area contributed by atoms with Crippen molar-refractivity contribution in [2.75, 3.05) is 0 Å². The maximum atomic E-state index is 10.3. The Kier molecular flexibility index (Phi) is 2.88. The highest BCUT2D eigenvalue weighted by Gasteiger charge is 2.03. The first-order valence-corrected chi connectivity index (χ1v) is 4.80. The van der Waals surface area contributed by atoms with E-state index in [1.807, 2.05) is 24.3 Å². The van der Waals surface area contributed by atoms with E-state index < -0.39 is 0 Å². The van der Waals surface area contributed by atoms with Gasteiger partial charge in [0, 0.05) is 6.42 Å². The van der Waals surface area contributed by atoms with Crippen LogP contribution in [0.15, 0.2) is 36.7 Å². The Morgan fingerprint density at radius 2 is 2.20 bits per heavy atom. The van der Waals surface area contributed by atoms with Crippen molar-refractivity contribution in [2.45, 2.75) is 12.8 Å². The topological polar surface area (TPSA) is 47.8 Å². The average Bonchev–Trinajstić information content (AvgIpc) is 2.80. The summed E-state index contributed by atoms with van der Waals surface area (Å²) in [5.41, 5.74) is 2.09. The number of benzene rings is 1. The molecular formula is C11H11N3O. The molecular weight excluding hydrogens is 190 g/mol. The number of aryl methyl sites for hydroxylation is 1. The lowest BCUT2D eigenvalue weighted by Gasteiger charge is -2.06. The van der Waals surface area contributed by atoms with Gasteiger partial charge in [-0.2, -0.15) is 0 Å². The molecule has 2 rings (SSSR count). The monoisotopic (exact) mass is 201 g/mol. The number of hydrogen-bond acceptors (Lipinski definition) is 3. The van der Waals surface area contributed by atoms with Crippen molar-refractivity contribution >= 4 is 6.29 Å². The maximum Gasteiger partial charge on any atom is 0.120 e. The van der Waals surface area contributed by atoms with E-state index in [0.29, 0.717) is 6.42 Å². The van der Waals surface area contributed by atoms with Crippen LogP contribution >= 0.6 is 0 Å². The summed E-state index contributed by atoms with van der Waals surface area (Å²) in [7, 11) is 0. The lowest BCUT2D eigenvalue weighted by molar-refractivity contribution is -0.107. The molecule has 0 bridgehead atoms. The van der Waals surface area contributed by atoms with Crippen LogP contribution in [0.5, 0.6) is 0 Å². The van der Waals surface area contributed by atoms with Gasteiger partial charge >= 0.3 is 0 Å². The van der Waals surface area contributed by atoms with E-state index in [4.69, 9.17) is 0 Å². The van der Waals surface area contributed by atoms with Crippen molar-refractivity contribution in [1.82, 2.24) is 15.0 Å². The zero-order valence-corrected chi connectivity index (χ0v) is 8.21. The van der Waals surface area contributed by atoms with Gasteiger partial charge in [-0.15, -0.1) is 5.10 Å². The van der Waals surface area contributed by atoms with Crippen LogP contribution in [0.1, 0.15) is 12.0 Å². The zero-order chi connectivity index (χ0) is 10.5. The number of carbonyl (C=O) groups is 1. The van der Waals surface area contributed by atoms with Crippen LogP contribution in [0.3, 0.4) is 0 Å². The molecule has 0 saturated heterocycles. The normalized spacial score (nSPS) is 10.1. The van der Waals surface area contributed by atoms with Crippen molar-refractivity contribution in [3.05, 3.63) is 42.2 Å². The summed E-state index contributed by atoms with van der Waals surface area (Å²) in [4.78, 5) is 10.3. The Morgan fingerprint density at radius 1 is 1.33 bits per heavy atom. The Balaban J connectivity index is 2.34. The summed E-state index contributed by atoms with van der Waals surface area (Å²) in [6.45, 7) is 0. The molecule has 1 heterocycles. The quantitative estimate of drug-likeness (QED) is 0.702. The fourth-order valence-electron chi connectivity index (χ4n) is 1.50. The number of hydrogen-bond donors (Lipinski definition) is 0. The molecule has 0 amide bonds. The molecule has 0 aliphatic rings. The number of carbonyl (C=O) groups excluding carboxylic acids is 1. The third-order valence-corrected chi connectivity index (χ3v) is 2.19. The first kappa shape index (κ1) is 9.58. The minimum absolute atomic E-state index is 0.533. The van der Waals surface area contributed by atoms with Crippen molar-refractivity contribution in [3.8, 4) is 5.69 Å². The van der Waals surface area contributed by atoms with Gasteiger partial charge in [0.1, 0.15) is 6.29 Å². The van der Waals surface area contributed by atoms with Crippen LogP contribution in [-0.2, 0) is 11.2 Å². The van der Waals surface area contributed by atoms with Gasteiger partial charge in [0.15, 0.2) is 0 Å². The predicted molar refractivity (Wildman–Crippen MR) is 55.7 cm³/mol. The van der Waals surface area contributed by atoms with Gasteiger partial charge in [0.05, 0.1) is 18.1 Å². The Bertz CT molecular complexity index is 437. The van der Waals surface area contributed by atoms with E-state index in [1.165, 1.54) is 0 Å². The van der Waals surface area contributed by atoms with Crippen molar-refractivity contribution < 1.29 is 4.79 Å². The summed E-state index contributed by atoms with van der Waals surface area (Å²) in [6.07, 6.45) is 5.62. The van der Waals surface area contributed by atoms with Crippen LogP contribution < -0.4 is 0 Å². The SMILES string of the molecule is O=CCCc1ccccc1-n1ccnn1. The molecule has 0 spiro atoms. The molecule has 1 aromatic heterocycles. The van der Waals surface area contributed by atoms with Gasteiger partial charge in [0.2, 0.25) is 0 Å². The number of nitrogens with zero attached hydrogens (tertiary/aromatic N) is 3. The van der Waals surface area contributed by atoms with Gasteiger partial charge in [-0.25, -0.2) is 4.68 Å². The Labute approximate surface area is 87.5 Å². The molecule has 4 heteroatoms. The van der Waals surface area contributed by atoms with E-state index in [-0.39, 0.29) is 0 Å². The minimum Gasteiger partial charge on any atom is -0.303 e. The fraction of sp³-hybridized carbons (Fsp3) is 0.182. The molecule has 0 N–H and O–H groups in total. The molecule has 0 aliphatic carbocycles. The van der Waals surface area contributed by atoms with Gasteiger partial charge in [0.25, 0.3) is 0 Å². The average molecular weight is 201 g/mol. The minimum atomic E-state index is 0.533. The summed E-state index contributed by atoms with van der Waals surface area (Å²) in [5, 5.41) is 7.70.